The summed E-state index contributed by atoms with van der Waals surface area (Å²) in [6.07, 6.45) is 5.35. The van der Waals surface area contributed by atoms with E-state index >= 15 is 0 Å². The van der Waals surface area contributed by atoms with Crippen molar-refractivity contribution in [3.63, 3.8) is 0 Å². The van der Waals surface area contributed by atoms with E-state index < -0.39 is 0 Å². The van der Waals surface area contributed by atoms with Crippen LogP contribution < -0.4 is 5.32 Å². The average molecular weight is 198 g/mol. The van der Waals surface area contributed by atoms with Gasteiger partial charge < -0.3 is 15.3 Å². The van der Waals surface area contributed by atoms with Crippen molar-refractivity contribution in [1.82, 2.24) is 10.2 Å². The average Bonchev–Trinajstić information content (AvgIpc) is 2.28. The number of hydrogen-bond donors (Lipinski definition) is 2. The second-order valence-corrected chi connectivity index (χ2v) is 4.77. The predicted octanol–water partition coefficient (Wildman–Crippen LogP) is 0.587. The summed E-state index contributed by atoms with van der Waals surface area (Å²) in [6, 6.07) is 0. The van der Waals surface area contributed by atoms with Gasteiger partial charge in [0.25, 0.3) is 0 Å². The van der Waals surface area contributed by atoms with E-state index in [0.717, 1.165) is 45.3 Å². The van der Waals surface area contributed by atoms with Gasteiger partial charge in [0.05, 0.1) is 5.60 Å². The molecule has 1 unspecified atom stereocenters. The highest BCUT2D eigenvalue weighted by Gasteiger charge is 2.28. The highest BCUT2D eigenvalue weighted by atomic mass is 16.3. The molecular weight excluding hydrogens is 176 g/mol. The first-order chi connectivity index (χ1) is 6.79. The molecule has 0 spiro atoms. The number of nitrogens with zero attached hydrogens (tertiary/aromatic N) is 1. The highest BCUT2D eigenvalue weighted by Crippen LogP contribution is 2.24. The molecule has 0 aromatic carbocycles. The van der Waals surface area contributed by atoms with Crippen molar-refractivity contribution < 1.29 is 5.11 Å². The summed E-state index contributed by atoms with van der Waals surface area (Å²) >= 11 is 0. The van der Waals surface area contributed by atoms with Gasteiger partial charge in [0.15, 0.2) is 0 Å². The van der Waals surface area contributed by atoms with Crippen molar-refractivity contribution in [3.8, 4) is 0 Å². The largest absolute Gasteiger partial charge is 0.390 e. The van der Waals surface area contributed by atoms with Crippen molar-refractivity contribution >= 4 is 0 Å². The quantitative estimate of drug-likeness (QED) is 0.696. The molecule has 2 fully saturated rings. The third-order valence-electron chi connectivity index (χ3n) is 3.60. The van der Waals surface area contributed by atoms with Crippen molar-refractivity contribution in [2.45, 2.75) is 37.7 Å². The van der Waals surface area contributed by atoms with Crippen LogP contribution in [0.4, 0.5) is 0 Å². The fraction of sp³-hybridized carbons (Fsp3) is 1.00. The van der Waals surface area contributed by atoms with Gasteiger partial charge in [0, 0.05) is 6.54 Å². The number of nitrogens with one attached hydrogen (secondary N) is 1. The van der Waals surface area contributed by atoms with E-state index in [1.807, 2.05) is 0 Å². The van der Waals surface area contributed by atoms with Gasteiger partial charge in [0.1, 0.15) is 0 Å². The van der Waals surface area contributed by atoms with Crippen molar-refractivity contribution in [2.24, 2.45) is 0 Å². The second-order valence-electron chi connectivity index (χ2n) is 4.77. The maximum Gasteiger partial charge on any atom is 0.0672 e. The Morgan fingerprint density at radius 3 is 2.71 bits per heavy atom. The minimum absolute atomic E-state index is 0.376. The maximum atomic E-state index is 10.4. The SMILES string of the molecule is OC1(CCN2CCC2)CCCNCC1. The van der Waals surface area contributed by atoms with Crippen LogP contribution in [0, 0.1) is 0 Å². The molecule has 2 rings (SSSR count). The third kappa shape index (κ3) is 2.69. The molecule has 2 N–H and O–H groups in total. The first-order valence-corrected chi connectivity index (χ1v) is 5.94. The van der Waals surface area contributed by atoms with Crippen molar-refractivity contribution in [2.75, 3.05) is 32.7 Å². The molecule has 0 aliphatic carbocycles. The minimum atomic E-state index is -0.376. The van der Waals surface area contributed by atoms with Gasteiger partial charge in [-0.2, -0.15) is 0 Å². The number of aliphatic hydroxyl groups is 1. The number of hydrogen-bond acceptors (Lipinski definition) is 3. The van der Waals surface area contributed by atoms with Crippen molar-refractivity contribution in [1.29, 1.82) is 0 Å². The summed E-state index contributed by atoms with van der Waals surface area (Å²) in [4.78, 5) is 2.44. The molecule has 0 aromatic rings. The van der Waals surface area contributed by atoms with Crippen LogP contribution in [0.25, 0.3) is 0 Å². The van der Waals surface area contributed by atoms with Gasteiger partial charge in [-0.25, -0.2) is 0 Å². The first-order valence-electron chi connectivity index (χ1n) is 5.94. The molecule has 82 valence electrons. The van der Waals surface area contributed by atoms with Crippen LogP contribution in [-0.2, 0) is 0 Å². The van der Waals surface area contributed by atoms with E-state index in [0.29, 0.717) is 0 Å². The smallest absolute Gasteiger partial charge is 0.0672 e. The molecule has 2 heterocycles. The third-order valence-corrected chi connectivity index (χ3v) is 3.60. The van der Waals surface area contributed by atoms with Crippen LogP contribution in [0.5, 0.6) is 0 Å². The minimum Gasteiger partial charge on any atom is -0.390 e. The lowest BCUT2D eigenvalue weighted by Gasteiger charge is -2.35. The molecule has 0 aromatic heterocycles. The molecule has 0 amide bonds. The van der Waals surface area contributed by atoms with Gasteiger partial charge in [0.2, 0.25) is 0 Å². The molecule has 3 heteroatoms. The van der Waals surface area contributed by atoms with Crippen LogP contribution in [0.3, 0.4) is 0 Å². The Hall–Kier alpha value is -0.120. The molecule has 2 aliphatic rings. The summed E-state index contributed by atoms with van der Waals surface area (Å²) in [7, 11) is 0. The lowest BCUT2D eigenvalue weighted by molar-refractivity contribution is 0.00439. The molecule has 1 atom stereocenters. The Balaban J connectivity index is 1.74. The number of rotatable bonds is 3. The molecule has 0 saturated carbocycles. The van der Waals surface area contributed by atoms with Crippen LogP contribution in [0.1, 0.15) is 32.1 Å². The monoisotopic (exact) mass is 198 g/mol. The molecule has 3 nitrogen and oxygen atoms in total. The van der Waals surface area contributed by atoms with E-state index in [1.165, 1.54) is 19.5 Å². The van der Waals surface area contributed by atoms with E-state index in [9.17, 15) is 5.11 Å². The lowest BCUT2D eigenvalue weighted by Crippen LogP contribution is -2.42. The first kappa shape index (κ1) is 10.4. The van der Waals surface area contributed by atoms with Crippen LogP contribution in [0.15, 0.2) is 0 Å². The Kier molecular flexibility index (Phi) is 3.42. The Morgan fingerprint density at radius 1 is 1.14 bits per heavy atom. The lowest BCUT2D eigenvalue weighted by atomic mass is 9.90. The van der Waals surface area contributed by atoms with Crippen LogP contribution in [0.2, 0.25) is 0 Å². The molecule has 2 saturated heterocycles. The molecule has 2 aliphatic heterocycles. The van der Waals surface area contributed by atoms with Gasteiger partial charge in [-0.3, -0.25) is 0 Å². The van der Waals surface area contributed by atoms with E-state index in [1.54, 1.807) is 0 Å². The summed E-state index contributed by atoms with van der Waals surface area (Å²) < 4.78 is 0. The Bertz CT molecular complexity index is 172. The Morgan fingerprint density at radius 2 is 2.00 bits per heavy atom. The summed E-state index contributed by atoms with van der Waals surface area (Å²) in [5.74, 6) is 0. The fourth-order valence-electron chi connectivity index (χ4n) is 2.34. The van der Waals surface area contributed by atoms with E-state index in [-0.39, 0.29) is 5.60 Å². The summed E-state index contributed by atoms with van der Waals surface area (Å²) in [5.41, 5.74) is -0.376. The topological polar surface area (TPSA) is 35.5 Å². The zero-order chi connectivity index (χ0) is 9.86. The molecule has 0 bridgehead atoms. The summed E-state index contributed by atoms with van der Waals surface area (Å²) in [5, 5.41) is 13.7. The number of likely N-dealkylation sites (tertiary alicyclic amines) is 1. The Labute approximate surface area is 86.5 Å². The summed E-state index contributed by atoms with van der Waals surface area (Å²) in [6.45, 7) is 5.64. The van der Waals surface area contributed by atoms with Crippen LogP contribution in [-0.4, -0.2) is 48.3 Å². The van der Waals surface area contributed by atoms with Gasteiger partial charge in [-0.05, 0) is 58.3 Å². The predicted molar refractivity (Wildman–Crippen MR) is 57.3 cm³/mol. The maximum absolute atomic E-state index is 10.4. The zero-order valence-corrected chi connectivity index (χ0v) is 8.97. The van der Waals surface area contributed by atoms with Gasteiger partial charge in [-0.1, -0.05) is 0 Å². The normalized spacial score (nSPS) is 34.9. The van der Waals surface area contributed by atoms with Gasteiger partial charge in [-0.15, -0.1) is 0 Å². The second kappa shape index (κ2) is 4.60. The fourth-order valence-corrected chi connectivity index (χ4v) is 2.34. The van der Waals surface area contributed by atoms with Gasteiger partial charge >= 0.3 is 0 Å². The van der Waals surface area contributed by atoms with Crippen LogP contribution >= 0.6 is 0 Å². The standard InChI is InChI=1S/C11H22N2O/c14-11(3-1-6-12-7-4-11)5-10-13-8-2-9-13/h12,14H,1-10H2. The zero-order valence-electron chi connectivity index (χ0n) is 8.97. The van der Waals surface area contributed by atoms with E-state index in [2.05, 4.69) is 10.2 Å². The molecule has 14 heavy (non-hydrogen) atoms. The molecule has 0 radical (unpaired) electrons. The highest BCUT2D eigenvalue weighted by molar-refractivity contribution is 4.84. The van der Waals surface area contributed by atoms with Crippen molar-refractivity contribution in [3.05, 3.63) is 0 Å². The van der Waals surface area contributed by atoms with E-state index in [4.69, 9.17) is 0 Å². The molecular formula is C11H22N2O.